The molecule has 102 valence electrons. The molecule has 2 aliphatic heterocycles. The lowest BCUT2D eigenvalue weighted by molar-refractivity contribution is -0.134. The molecule has 2 aliphatic rings. The van der Waals surface area contributed by atoms with Gasteiger partial charge in [0.15, 0.2) is 0 Å². The lowest BCUT2D eigenvalue weighted by atomic mass is 9.99. The van der Waals surface area contributed by atoms with Crippen LogP contribution >= 0.6 is 0 Å². The Morgan fingerprint density at radius 1 is 1.37 bits per heavy atom. The molecule has 2 unspecified atom stereocenters. The van der Waals surface area contributed by atoms with Crippen molar-refractivity contribution in [2.45, 2.75) is 31.5 Å². The highest BCUT2D eigenvalue weighted by Gasteiger charge is 2.33. The van der Waals surface area contributed by atoms with Gasteiger partial charge in [-0.1, -0.05) is 24.3 Å². The molecule has 0 saturated carbocycles. The van der Waals surface area contributed by atoms with E-state index in [0.29, 0.717) is 0 Å². The highest BCUT2D eigenvalue weighted by atomic mass is 16.5. The second-order valence-corrected chi connectivity index (χ2v) is 5.33. The third-order valence-electron chi connectivity index (χ3n) is 4.16. The Bertz CT molecular complexity index is 475. The van der Waals surface area contributed by atoms with Gasteiger partial charge in [0.25, 0.3) is 0 Å². The van der Waals surface area contributed by atoms with Crippen molar-refractivity contribution >= 4 is 5.91 Å². The predicted octanol–water partition coefficient (Wildman–Crippen LogP) is 0.948. The third kappa shape index (κ3) is 2.51. The number of methoxy groups -OCH3 is 1. The summed E-state index contributed by atoms with van der Waals surface area (Å²) in [5, 5.41) is 3.26. The lowest BCUT2D eigenvalue weighted by Crippen LogP contribution is -2.45. The summed E-state index contributed by atoms with van der Waals surface area (Å²) >= 11 is 0. The van der Waals surface area contributed by atoms with Crippen molar-refractivity contribution in [1.29, 1.82) is 0 Å². The van der Waals surface area contributed by atoms with E-state index in [2.05, 4.69) is 23.5 Å². The zero-order valence-electron chi connectivity index (χ0n) is 11.3. The minimum atomic E-state index is -0.0739. The number of carbonyl (C=O) groups excluding carboxylic acids is 1. The molecular formula is C15H20N2O2. The Balaban J connectivity index is 1.66. The first-order chi connectivity index (χ1) is 9.28. The molecule has 0 aromatic heterocycles. The molecular weight excluding hydrogens is 240 g/mol. The fraction of sp³-hybridized carbons (Fsp3) is 0.533. The summed E-state index contributed by atoms with van der Waals surface area (Å²) in [7, 11) is 1.70. The number of nitrogens with zero attached hydrogens (tertiary/aromatic N) is 1. The van der Waals surface area contributed by atoms with E-state index in [1.807, 2.05) is 11.0 Å². The van der Waals surface area contributed by atoms with Gasteiger partial charge in [0.05, 0.1) is 12.1 Å². The number of nitrogens with one attached hydrogen (secondary N) is 1. The van der Waals surface area contributed by atoms with Crippen LogP contribution in [0.5, 0.6) is 0 Å². The van der Waals surface area contributed by atoms with Gasteiger partial charge in [0.1, 0.15) is 0 Å². The molecule has 2 atom stereocenters. The predicted molar refractivity (Wildman–Crippen MR) is 72.8 cm³/mol. The summed E-state index contributed by atoms with van der Waals surface area (Å²) in [5.41, 5.74) is 2.66. The number of hydrogen-bond donors (Lipinski definition) is 1. The molecule has 1 N–H and O–H groups in total. The Morgan fingerprint density at radius 3 is 2.89 bits per heavy atom. The molecule has 1 aromatic carbocycles. The van der Waals surface area contributed by atoms with Gasteiger partial charge < -0.3 is 15.0 Å². The SMILES string of the molecule is COC1CNC(C(=O)N2CCc3ccccc3C2)C1. The Kier molecular flexibility index (Phi) is 3.53. The minimum absolute atomic E-state index is 0.0739. The smallest absolute Gasteiger partial charge is 0.240 e. The van der Waals surface area contributed by atoms with Crippen molar-refractivity contribution in [1.82, 2.24) is 10.2 Å². The largest absolute Gasteiger partial charge is 0.380 e. The minimum Gasteiger partial charge on any atom is -0.380 e. The molecule has 1 fully saturated rings. The first-order valence-corrected chi connectivity index (χ1v) is 6.89. The van der Waals surface area contributed by atoms with Crippen LogP contribution in [0.4, 0.5) is 0 Å². The normalized spacial score (nSPS) is 26.3. The molecule has 0 radical (unpaired) electrons. The average molecular weight is 260 g/mol. The van der Waals surface area contributed by atoms with Crippen LogP contribution in [-0.4, -0.2) is 43.2 Å². The number of fused-ring (bicyclic) bond motifs is 1. The molecule has 1 saturated heterocycles. The topological polar surface area (TPSA) is 41.6 Å². The van der Waals surface area contributed by atoms with Crippen molar-refractivity contribution in [2.24, 2.45) is 0 Å². The van der Waals surface area contributed by atoms with Gasteiger partial charge in [-0.2, -0.15) is 0 Å². The number of hydrogen-bond acceptors (Lipinski definition) is 3. The second-order valence-electron chi connectivity index (χ2n) is 5.33. The van der Waals surface area contributed by atoms with E-state index >= 15 is 0 Å². The van der Waals surface area contributed by atoms with Crippen molar-refractivity contribution in [3.8, 4) is 0 Å². The van der Waals surface area contributed by atoms with E-state index < -0.39 is 0 Å². The zero-order valence-corrected chi connectivity index (χ0v) is 11.3. The van der Waals surface area contributed by atoms with E-state index in [4.69, 9.17) is 4.74 Å². The molecule has 2 heterocycles. The van der Waals surface area contributed by atoms with Crippen molar-refractivity contribution in [2.75, 3.05) is 20.2 Å². The van der Waals surface area contributed by atoms with Gasteiger partial charge in [0.2, 0.25) is 5.91 Å². The summed E-state index contributed by atoms with van der Waals surface area (Å²) in [6.45, 7) is 2.34. The zero-order chi connectivity index (χ0) is 13.2. The van der Waals surface area contributed by atoms with E-state index in [1.165, 1.54) is 11.1 Å². The van der Waals surface area contributed by atoms with E-state index in [-0.39, 0.29) is 18.1 Å². The maximum atomic E-state index is 12.5. The number of ether oxygens (including phenoxy) is 1. The summed E-state index contributed by atoms with van der Waals surface area (Å²) in [4.78, 5) is 14.4. The second kappa shape index (κ2) is 5.31. The van der Waals surface area contributed by atoms with Crippen LogP contribution in [0.15, 0.2) is 24.3 Å². The highest BCUT2D eigenvalue weighted by molar-refractivity contribution is 5.82. The maximum Gasteiger partial charge on any atom is 0.240 e. The Hall–Kier alpha value is -1.39. The van der Waals surface area contributed by atoms with Gasteiger partial charge in [-0.3, -0.25) is 4.79 Å². The summed E-state index contributed by atoms with van der Waals surface area (Å²) in [6.07, 6.45) is 1.92. The Labute approximate surface area is 113 Å². The van der Waals surface area contributed by atoms with Gasteiger partial charge in [-0.05, 0) is 24.0 Å². The van der Waals surface area contributed by atoms with Gasteiger partial charge >= 0.3 is 0 Å². The molecule has 3 rings (SSSR count). The quantitative estimate of drug-likeness (QED) is 0.861. The standard InChI is InChI=1S/C15H20N2O2/c1-19-13-8-14(16-9-13)15(18)17-7-6-11-4-2-3-5-12(11)10-17/h2-5,13-14,16H,6-10H2,1H3. The van der Waals surface area contributed by atoms with Crippen molar-refractivity contribution in [3.63, 3.8) is 0 Å². The molecule has 4 heteroatoms. The fourth-order valence-corrected chi connectivity index (χ4v) is 2.98. The van der Waals surface area contributed by atoms with Crippen LogP contribution in [-0.2, 0) is 22.5 Å². The molecule has 0 aliphatic carbocycles. The summed E-state index contributed by atoms with van der Waals surface area (Å²) < 4.78 is 5.30. The van der Waals surface area contributed by atoms with E-state index in [9.17, 15) is 4.79 Å². The van der Waals surface area contributed by atoms with Crippen molar-refractivity contribution in [3.05, 3.63) is 35.4 Å². The molecule has 1 amide bonds. The van der Waals surface area contributed by atoms with Gasteiger partial charge in [0, 0.05) is 26.7 Å². The van der Waals surface area contributed by atoms with Crippen LogP contribution in [0.1, 0.15) is 17.5 Å². The highest BCUT2D eigenvalue weighted by Crippen LogP contribution is 2.21. The third-order valence-corrected chi connectivity index (χ3v) is 4.16. The van der Waals surface area contributed by atoms with E-state index in [1.54, 1.807) is 7.11 Å². The van der Waals surface area contributed by atoms with Crippen molar-refractivity contribution < 1.29 is 9.53 Å². The number of carbonyl (C=O) groups is 1. The van der Waals surface area contributed by atoms with Crippen LogP contribution in [0, 0.1) is 0 Å². The number of amides is 1. The van der Waals surface area contributed by atoms with Crippen LogP contribution in [0.2, 0.25) is 0 Å². The molecule has 19 heavy (non-hydrogen) atoms. The van der Waals surface area contributed by atoms with Gasteiger partial charge in [-0.25, -0.2) is 0 Å². The first kappa shape index (κ1) is 12.6. The molecule has 1 aromatic rings. The molecule has 4 nitrogen and oxygen atoms in total. The maximum absolute atomic E-state index is 12.5. The van der Waals surface area contributed by atoms with Crippen LogP contribution in [0.25, 0.3) is 0 Å². The number of rotatable bonds is 2. The average Bonchev–Trinajstić information content (AvgIpc) is 2.95. The van der Waals surface area contributed by atoms with Crippen LogP contribution in [0.3, 0.4) is 0 Å². The lowest BCUT2D eigenvalue weighted by Gasteiger charge is -2.30. The van der Waals surface area contributed by atoms with Crippen LogP contribution < -0.4 is 5.32 Å². The number of benzene rings is 1. The molecule has 0 spiro atoms. The summed E-state index contributed by atoms with van der Waals surface area (Å²) in [6, 6.07) is 8.32. The van der Waals surface area contributed by atoms with Gasteiger partial charge in [-0.15, -0.1) is 0 Å². The first-order valence-electron chi connectivity index (χ1n) is 6.89. The Morgan fingerprint density at radius 2 is 2.16 bits per heavy atom. The van der Waals surface area contributed by atoms with E-state index in [0.717, 1.165) is 32.5 Å². The summed E-state index contributed by atoms with van der Waals surface area (Å²) in [5.74, 6) is 0.217. The molecule has 0 bridgehead atoms. The fourth-order valence-electron chi connectivity index (χ4n) is 2.98. The monoisotopic (exact) mass is 260 g/mol.